The first-order valence-corrected chi connectivity index (χ1v) is 8.95. The molecule has 1 atom stereocenters. The first-order valence-electron chi connectivity index (χ1n) is 7.78. The molecule has 0 amide bonds. The summed E-state index contributed by atoms with van der Waals surface area (Å²) in [4.78, 5) is 20.8. The van der Waals surface area contributed by atoms with Gasteiger partial charge in [0, 0.05) is 15.1 Å². The van der Waals surface area contributed by atoms with E-state index in [4.69, 9.17) is 16.3 Å². The average molecular weight is 424 g/mol. The van der Waals surface area contributed by atoms with E-state index < -0.39 is 0 Å². The summed E-state index contributed by atoms with van der Waals surface area (Å²) in [6, 6.07) is 11.0. The summed E-state index contributed by atoms with van der Waals surface area (Å²) < 4.78 is 6.42. The summed E-state index contributed by atoms with van der Waals surface area (Å²) in [5, 5.41) is 1.11. The fourth-order valence-corrected chi connectivity index (χ4v) is 3.38. The van der Waals surface area contributed by atoms with Crippen molar-refractivity contribution < 1.29 is 9.64 Å². The maximum atomic E-state index is 12.2. The number of rotatable bonds is 5. The highest BCUT2D eigenvalue weighted by molar-refractivity contribution is 9.10. The Kier molecular flexibility index (Phi) is 5.42. The standard InChI is InChI=1S/C18H17BrClN3O2/c1-23(9-11-7-12(19)3-6-16(11)25-2)10-17-21-15-8-13(20)4-5-14(15)18(24)22-17/h3-8H,9-10H2,1-2H3,(H,21,22,24)/p+1. The number of aromatic amines is 1. The molecule has 0 saturated carbocycles. The molecule has 0 fully saturated rings. The molecule has 3 aromatic rings. The lowest BCUT2D eigenvalue weighted by Crippen LogP contribution is -3.06. The number of nitrogens with zero attached hydrogens (tertiary/aromatic N) is 1. The second-order valence-electron chi connectivity index (χ2n) is 5.94. The van der Waals surface area contributed by atoms with E-state index in [-0.39, 0.29) is 5.56 Å². The topological polar surface area (TPSA) is 59.4 Å². The molecule has 7 heteroatoms. The molecule has 130 valence electrons. The zero-order valence-corrected chi connectivity index (χ0v) is 16.2. The van der Waals surface area contributed by atoms with Gasteiger partial charge in [-0.1, -0.05) is 27.5 Å². The molecule has 1 aromatic heterocycles. The Morgan fingerprint density at radius 3 is 2.80 bits per heavy atom. The van der Waals surface area contributed by atoms with E-state index in [9.17, 15) is 4.79 Å². The van der Waals surface area contributed by atoms with Crippen molar-refractivity contribution in [2.75, 3.05) is 14.2 Å². The van der Waals surface area contributed by atoms with Crippen molar-refractivity contribution in [3.05, 3.63) is 67.6 Å². The lowest BCUT2D eigenvalue weighted by molar-refractivity contribution is -0.908. The minimum Gasteiger partial charge on any atom is -0.496 e. The monoisotopic (exact) mass is 422 g/mol. The Balaban J connectivity index is 1.84. The third-order valence-electron chi connectivity index (χ3n) is 3.92. The highest BCUT2D eigenvalue weighted by Crippen LogP contribution is 2.22. The van der Waals surface area contributed by atoms with Gasteiger partial charge in [-0.2, -0.15) is 0 Å². The molecule has 0 aliphatic rings. The van der Waals surface area contributed by atoms with Crippen molar-refractivity contribution in [1.29, 1.82) is 0 Å². The second-order valence-corrected chi connectivity index (χ2v) is 7.29. The quantitative estimate of drug-likeness (QED) is 0.663. The van der Waals surface area contributed by atoms with Crippen LogP contribution in [0.5, 0.6) is 5.75 Å². The van der Waals surface area contributed by atoms with Crippen LogP contribution in [0.4, 0.5) is 0 Å². The number of H-pyrrole nitrogens is 1. The van der Waals surface area contributed by atoms with Crippen LogP contribution in [0.15, 0.2) is 45.7 Å². The van der Waals surface area contributed by atoms with Gasteiger partial charge < -0.3 is 14.6 Å². The lowest BCUT2D eigenvalue weighted by Gasteiger charge is -2.16. The van der Waals surface area contributed by atoms with Crippen LogP contribution in [0.2, 0.25) is 5.02 Å². The number of benzene rings is 2. The number of fused-ring (bicyclic) bond motifs is 1. The van der Waals surface area contributed by atoms with E-state index in [2.05, 4.69) is 25.9 Å². The second kappa shape index (κ2) is 7.56. The molecular formula is C18H18BrClN3O2+. The third-order valence-corrected chi connectivity index (χ3v) is 4.65. The molecule has 0 bridgehead atoms. The summed E-state index contributed by atoms with van der Waals surface area (Å²) in [7, 11) is 3.71. The summed E-state index contributed by atoms with van der Waals surface area (Å²) in [5.74, 6) is 1.47. The van der Waals surface area contributed by atoms with Crippen molar-refractivity contribution in [2.45, 2.75) is 13.1 Å². The number of nitrogens with one attached hydrogen (secondary N) is 2. The fourth-order valence-electron chi connectivity index (χ4n) is 2.80. The van der Waals surface area contributed by atoms with Gasteiger partial charge in [-0.15, -0.1) is 0 Å². The van der Waals surface area contributed by atoms with Crippen LogP contribution in [-0.2, 0) is 13.1 Å². The average Bonchev–Trinajstić information content (AvgIpc) is 2.54. The largest absolute Gasteiger partial charge is 0.496 e. The summed E-state index contributed by atoms with van der Waals surface area (Å²) in [6.45, 7) is 1.31. The third kappa shape index (κ3) is 4.21. The van der Waals surface area contributed by atoms with Crippen LogP contribution in [0, 0.1) is 0 Å². The van der Waals surface area contributed by atoms with E-state index in [0.29, 0.717) is 28.3 Å². The SMILES string of the molecule is COc1ccc(Br)cc1C[NH+](C)Cc1nc2cc(Cl)ccc2c(=O)[nH]1. The first-order chi connectivity index (χ1) is 12.0. The molecule has 0 aliphatic carbocycles. The van der Waals surface area contributed by atoms with Crippen LogP contribution < -0.4 is 15.2 Å². The number of methoxy groups -OCH3 is 1. The van der Waals surface area contributed by atoms with Crippen LogP contribution in [0.3, 0.4) is 0 Å². The van der Waals surface area contributed by atoms with Crippen LogP contribution in [-0.4, -0.2) is 24.1 Å². The molecule has 0 radical (unpaired) electrons. The Morgan fingerprint density at radius 2 is 2.04 bits per heavy atom. The molecule has 1 heterocycles. The van der Waals surface area contributed by atoms with Crippen LogP contribution >= 0.6 is 27.5 Å². The van der Waals surface area contributed by atoms with Crippen molar-refractivity contribution in [1.82, 2.24) is 9.97 Å². The predicted octanol–water partition coefficient (Wildman–Crippen LogP) is 2.56. The molecular weight excluding hydrogens is 406 g/mol. The molecule has 3 rings (SSSR count). The zero-order chi connectivity index (χ0) is 18.0. The number of ether oxygens (including phenoxy) is 1. The minimum atomic E-state index is -0.149. The van der Waals surface area contributed by atoms with E-state index in [0.717, 1.165) is 22.3 Å². The first kappa shape index (κ1) is 17.9. The van der Waals surface area contributed by atoms with Crippen molar-refractivity contribution in [3.63, 3.8) is 0 Å². The molecule has 5 nitrogen and oxygen atoms in total. The lowest BCUT2D eigenvalue weighted by atomic mass is 10.2. The van der Waals surface area contributed by atoms with Gasteiger partial charge in [0.05, 0.1) is 25.1 Å². The Bertz CT molecular complexity index is 974. The normalized spacial score (nSPS) is 12.3. The van der Waals surface area contributed by atoms with Gasteiger partial charge in [0.1, 0.15) is 18.8 Å². The van der Waals surface area contributed by atoms with E-state index in [1.54, 1.807) is 25.3 Å². The molecule has 2 aromatic carbocycles. The maximum absolute atomic E-state index is 12.2. The van der Waals surface area contributed by atoms with Crippen molar-refractivity contribution in [3.8, 4) is 5.75 Å². The highest BCUT2D eigenvalue weighted by atomic mass is 79.9. The number of quaternary nitrogens is 1. The smallest absolute Gasteiger partial charge is 0.258 e. The Labute approximate surface area is 158 Å². The van der Waals surface area contributed by atoms with Gasteiger partial charge in [-0.25, -0.2) is 4.98 Å². The Morgan fingerprint density at radius 1 is 1.24 bits per heavy atom. The Hall–Kier alpha value is -1.89. The maximum Gasteiger partial charge on any atom is 0.258 e. The van der Waals surface area contributed by atoms with Gasteiger partial charge in [-0.3, -0.25) is 4.79 Å². The minimum absolute atomic E-state index is 0.149. The summed E-state index contributed by atoms with van der Waals surface area (Å²) in [6.07, 6.45) is 0. The molecule has 0 saturated heterocycles. The summed E-state index contributed by atoms with van der Waals surface area (Å²) >= 11 is 9.50. The number of halogens is 2. The molecule has 1 unspecified atom stereocenters. The number of hydrogen-bond acceptors (Lipinski definition) is 3. The van der Waals surface area contributed by atoms with E-state index in [1.807, 2.05) is 25.2 Å². The van der Waals surface area contributed by atoms with Crippen LogP contribution in [0.25, 0.3) is 10.9 Å². The highest BCUT2D eigenvalue weighted by Gasteiger charge is 2.13. The fraction of sp³-hybridized carbons (Fsp3) is 0.222. The van der Waals surface area contributed by atoms with Gasteiger partial charge in [0.25, 0.3) is 5.56 Å². The van der Waals surface area contributed by atoms with E-state index in [1.165, 1.54) is 4.90 Å². The van der Waals surface area contributed by atoms with Gasteiger partial charge in [-0.05, 0) is 36.4 Å². The van der Waals surface area contributed by atoms with Crippen LogP contribution in [0.1, 0.15) is 11.4 Å². The molecule has 25 heavy (non-hydrogen) atoms. The van der Waals surface area contributed by atoms with Crippen molar-refractivity contribution >= 4 is 38.4 Å². The molecule has 2 N–H and O–H groups in total. The molecule has 0 aliphatic heterocycles. The van der Waals surface area contributed by atoms with Crippen molar-refractivity contribution in [2.24, 2.45) is 0 Å². The predicted molar refractivity (Wildman–Crippen MR) is 102 cm³/mol. The van der Waals surface area contributed by atoms with Gasteiger partial charge >= 0.3 is 0 Å². The zero-order valence-electron chi connectivity index (χ0n) is 13.9. The van der Waals surface area contributed by atoms with E-state index >= 15 is 0 Å². The molecule has 0 spiro atoms. The summed E-state index contributed by atoms with van der Waals surface area (Å²) in [5.41, 5.74) is 1.55. The number of aromatic nitrogens is 2. The van der Waals surface area contributed by atoms with Gasteiger partial charge in [0.15, 0.2) is 5.82 Å². The van der Waals surface area contributed by atoms with Gasteiger partial charge in [0.2, 0.25) is 0 Å². The number of hydrogen-bond donors (Lipinski definition) is 2.